The monoisotopic (exact) mass is 758 g/mol. The van der Waals surface area contributed by atoms with Gasteiger partial charge in [-0.2, -0.15) is 0 Å². The minimum atomic E-state index is -2.03. The van der Waals surface area contributed by atoms with Crippen LogP contribution in [0.2, 0.25) is 0 Å². The van der Waals surface area contributed by atoms with E-state index < -0.39 is 10.9 Å². The van der Waals surface area contributed by atoms with E-state index in [1.165, 1.54) is 13.4 Å². The summed E-state index contributed by atoms with van der Waals surface area (Å²) in [5.41, 5.74) is 9.17. The van der Waals surface area contributed by atoms with Crippen molar-refractivity contribution in [3.05, 3.63) is 182 Å². The van der Waals surface area contributed by atoms with E-state index in [0.29, 0.717) is 5.82 Å². The van der Waals surface area contributed by atoms with Crippen LogP contribution in [0.3, 0.4) is 0 Å². The van der Waals surface area contributed by atoms with E-state index in [1.807, 2.05) is 52.1 Å². The first kappa shape index (κ1) is 35.3. The van der Waals surface area contributed by atoms with Gasteiger partial charge in [-0.05, 0) is 96.7 Å². The third-order valence-electron chi connectivity index (χ3n) is 12.5. The van der Waals surface area contributed by atoms with Crippen LogP contribution in [-0.4, -0.2) is 49.0 Å². The normalized spacial score (nSPS) is 12.4. The van der Waals surface area contributed by atoms with Crippen molar-refractivity contribution in [2.24, 2.45) is 0 Å². The third-order valence-corrected chi connectivity index (χ3v) is 12.5. The van der Waals surface area contributed by atoms with E-state index in [1.54, 1.807) is 0 Å². The number of hydrogen-bond donors (Lipinski definition) is 2. The number of rotatable bonds is 6. The third kappa shape index (κ3) is 5.34. The summed E-state index contributed by atoms with van der Waals surface area (Å²) in [7, 11) is 5.09. The van der Waals surface area contributed by atoms with E-state index in [-0.39, 0.29) is 0 Å². The molecular formula is C51H37B3N2O3. The van der Waals surface area contributed by atoms with Gasteiger partial charge in [0, 0.05) is 21.4 Å². The maximum atomic E-state index is 11.1. The van der Waals surface area contributed by atoms with Crippen molar-refractivity contribution in [3.8, 4) is 39.1 Å². The van der Waals surface area contributed by atoms with Gasteiger partial charge in [0.2, 0.25) is 0 Å². The lowest BCUT2D eigenvalue weighted by molar-refractivity contribution is -0.100. The highest BCUT2D eigenvalue weighted by atomic mass is 16.5. The number of aromatic nitrogens is 2. The number of benzene rings is 9. The Kier molecular flexibility index (Phi) is 7.83. The van der Waals surface area contributed by atoms with Gasteiger partial charge in [-0.3, -0.25) is 4.57 Å². The Morgan fingerprint density at radius 2 is 1.08 bits per heavy atom. The van der Waals surface area contributed by atoms with Gasteiger partial charge in [0.05, 0.1) is 16.7 Å². The lowest BCUT2D eigenvalue weighted by Gasteiger charge is -2.36. The second kappa shape index (κ2) is 13.1. The van der Waals surface area contributed by atoms with Gasteiger partial charge in [0.15, 0.2) is 7.85 Å². The molecule has 8 heteroatoms. The smallest absolute Gasteiger partial charge is 0.177 e. The number of furan rings is 1. The highest BCUT2D eigenvalue weighted by Crippen LogP contribution is 2.49. The molecule has 0 unspecified atom stereocenters. The second-order valence-electron chi connectivity index (χ2n) is 16.3. The molecule has 278 valence electrons. The molecule has 0 bridgehead atoms. The van der Waals surface area contributed by atoms with E-state index in [4.69, 9.17) is 9.40 Å². The predicted octanol–water partition coefficient (Wildman–Crippen LogP) is 9.08. The molecule has 5 nitrogen and oxygen atoms in total. The van der Waals surface area contributed by atoms with Gasteiger partial charge >= 0.3 is 0 Å². The van der Waals surface area contributed by atoms with Crippen LogP contribution in [-0.2, 0) is 5.21 Å². The van der Waals surface area contributed by atoms with Crippen LogP contribution in [0.15, 0.2) is 180 Å². The van der Waals surface area contributed by atoms with Gasteiger partial charge in [-0.1, -0.05) is 140 Å². The first-order valence-electron chi connectivity index (χ1n) is 20.1. The fraction of sp³-hybridized carbons (Fsp3) is 0.0392. The lowest BCUT2D eigenvalue weighted by Crippen LogP contribution is -2.54. The Bertz CT molecular complexity index is 3470. The Balaban J connectivity index is 1.25. The zero-order chi connectivity index (χ0) is 40.0. The number of nitrogens with zero attached hydrogens (tertiary/aromatic N) is 2. The van der Waals surface area contributed by atoms with Crippen LogP contribution < -0.4 is 0 Å². The highest BCUT2D eigenvalue weighted by molar-refractivity contribution is 6.44. The highest BCUT2D eigenvalue weighted by Gasteiger charge is 2.42. The second-order valence-corrected chi connectivity index (χ2v) is 16.3. The van der Waals surface area contributed by atoms with E-state index in [9.17, 15) is 10.2 Å². The molecule has 2 N–H and O–H groups in total. The average molecular weight is 758 g/mol. The van der Waals surface area contributed by atoms with Gasteiger partial charge in [-0.25, -0.2) is 4.98 Å². The molecule has 0 radical (unpaired) electrons. The Hall–Kier alpha value is -6.86. The van der Waals surface area contributed by atoms with Crippen molar-refractivity contribution in [2.45, 2.75) is 10.9 Å². The average Bonchev–Trinajstić information content (AvgIpc) is 3.85. The van der Waals surface area contributed by atoms with Crippen molar-refractivity contribution in [1.82, 2.24) is 9.55 Å². The topological polar surface area (TPSA) is 71.4 Å². The predicted molar refractivity (Wildman–Crippen MR) is 252 cm³/mol. The summed E-state index contributed by atoms with van der Waals surface area (Å²) in [6, 6.07) is 61.9. The lowest BCUT2D eigenvalue weighted by atomic mass is 9.45. The van der Waals surface area contributed by atoms with Crippen molar-refractivity contribution in [2.75, 3.05) is 0 Å². The summed E-state index contributed by atoms with van der Waals surface area (Å²) < 4.78 is 8.56. The van der Waals surface area contributed by atoms with E-state index in [0.717, 1.165) is 98.8 Å². The summed E-state index contributed by atoms with van der Waals surface area (Å²) in [6.45, 7) is 0. The van der Waals surface area contributed by atoms with Crippen molar-refractivity contribution < 1.29 is 14.6 Å². The van der Waals surface area contributed by atoms with Gasteiger partial charge in [0.25, 0.3) is 0 Å². The summed E-state index contributed by atoms with van der Waals surface area (Å²) >= 11 is 0. The first-order chi connectivity index (χ1) is 28.7. The molecule has 0 amide bonds. The number of aliphatic hydroxyl groups is 2. The SMILES string of the molecule is BC(O)(O)C(B)(B)c1nc2ccccc2n1-c1ccc(-c2c3ccccc3c(-c3cccc4oc5ccccc5c34)c3cc(-c4ccccc4)ccc23)c2ccccc12. The zero-order valence-electron chi connectivity index (χ0n) is 32.9. The largest absolute Gasteiger partial charge is 0.456 e. The fourth-order valence-corrected chi connectivity index (χ4v) is 9.15. The molecule has 59 heavy (non-hydrogen) atoms. The summed E-state index contributed by atoms with van der Waals surface area (Å²) in [5.74, 6) is 0.568. The molecule has 2 heterocycles. The molecule has 0 atom stereocenters. The van der Waals surface area contributed by atoms with Crippen LogP contribution in [0, 0.1) is 0 Å². The molecule has 11 rings (SSSR count). The van der Waals surface area contributed by atoms with Gasteiger partial charge in [0.1, 0.15) is 38.4 Å². The molecule has 0 spiro atoms. The van der Waals surface area contributed by atoms with Crippen LogP contribution >= 0.6 is 0 Å². The molecule has 0 saturated carbocycles. The summed E-state index contributed by atoms with van der Waals surface area (Å²) in [4.78, 5) is 5.04. The van der Waals surface area contributed by atoms with Crippen molar-refractivity contribution >= 4 is 88.8 Å². The standard InChI is InChI=1S/C51H37B3N2O3/c52-50(53,51(54,57)58)49-55-41-21-9-10-22-43(41)56(49)42-28-27-36(32-15-4-5-16-33(32)42)46-34-17-6-7-18-35(34)47(40-29-31(25-26-37(40)46)30-13-2-1-3-14-30)39-20-12-24-45-48(39)38-19-8-11-23-44(38)59-45/h1-29,57-58H,52-54H2. The Morgan fingerprint density at radius 3 is 1.85 bits per heavy atom. The van der Waals surface area contributed by atoms with Crippen LogP contribution in [0.25, 0.3) is 104 Å². The van der Waals surface area contributed by atoms with Crippen LogP contribution in [0.1, 0.15) is 5.82 Å². The van der Waals surface area contributed by atoms with E-state index >= 15 is 0 Å². The molecule has 0 aliphatic rings. The molecule has 0 aliphatic heterocycles. The molecule has 9 aromatic carbocycles. The Morgan fingerprint density at radius 1 is 0.475 bits per heavy atom. The fourth-order valence-electron chi connectivity index (χ4n) is 9.15. The number of imidazole rings is 1. The van der Waals surface area contributed by atoms with E-state index in [2.05, 4.69) is 144 Å². The number of hydrogen-bond acceptors (Lipinski definition) is 4. The van der Waals surface area contributed by atoms with Crippen molar-refractivity contribution in [1.29, 1.82) is 0 Å². The molecule has 0 saturated heterocycles. The summed E-state index contributed by atoms with van der Waals surface area (Å²) in [5, 5.41) is 30.0. The molecular weight excluding hydrogens is 721 g/mol. The van der Waals surface area contributed by atoms with Gasteiger partial charge < -0.3 is 14.6 Å². The van der Waals surface area contributed by atoms with Crippen LogP contribution in [0.4, 0.5) is 0 Å². The van der Waals surface area contributed by atoms with Crippen molar-refractivity contribution in [3.63, 3.8) is 0 Å². The molecule has 11 aromatic rings. The minimum absolute atomic E-state index is 0.568. The Labute approximate surface area is 343 Å². The minimum Gasteiger partial charge on any atom is -0.456 e. The maximum absolute atomic E-state index is 11.1. The molecule has 0 fully saturated rings. The zero-order valence-corrected chi connectivity index (χ0v) is 32.9. The summed E-state index contributed by atoms with van der Waals surface area (Å²) in [6.07, 6.45) is 0. The first-order valence-corrected chi connectivity index (χ1v) is 20.1. The quantitative estimate of drug-likeness (QED) is 0.101. The maximum Gasteiger partial charge on any atom is 0.177 e. The van der Waals surface area contributed by atoms with Crippen LogP contribution in [0.5, 0.6) is 0 Å². The van der Waals surface area contributed by atoms with Gasteiger partial charge in [-0.15, -0.1) is 0 Å². The number of fused-ring (bicyclic) bond motifs is 7. The molecule has 2 aromatic heterocycles. The molecule has 0 aliphatic carbocycles. The number of para-hydroxylation sites is 3.